The van der Waals surface area contributed by atoms with Crippen molar-refractivity contribution in [2.75, 3.05) is 18.7 Å². The van der Waals surface area contributed by atoms with E-state index >= 15 is 0 Å². The van der Waals surface area contributed by atoms with Gasteiger partial charge >= 0.3 is 0 Å². The van der Waals surface area contributed by atoms with Crippen molar-refractivity contribution in [2.24, 2.45) is 0 Å². The fourth-order valence-corrected chi connectivity index (χ4v) is 2.14. The van der Waals surface area contributed by atoms with Crippen LogP contribution in [0.3, 0.4) is 0 Å². The molecule has 0 radical (unpaired) electrons. The van der Waals surface area contributed by atoms with E-state index in [4.69, 9.17) is 5.11 Å². The van der Waals surface area contributed by atoms with Crippen molar-refractivity contribution in [1.29, 1.82) is 0 Å². The van der Waals surface area contributed by atoms with E-state index in [-0.39, 0.29) is 17.2 Å². The first-order chi connectivity index (χ1) is 3.70. The lowest BCUT2D eigenvalue weighted by Crippen LogP contribution is -2.13. The monoisotopic (exact) mass is 135 g/mol. The van der Waals surface area contributed by atoms with Crippen molar-refractivity contribution in [3.05, 3.63) is 0 Å². The van der Waals surface area contributed by atoms with Gasteiger partial charge in [0.2, 0.25) is 0 Å². The van der Waals surface area contributed by atoms with Crippen LogP contribution < -0.4 is 0 Å². The van der Waals surface area contributed by atoms with Gasteiger partial charge < -0.3 is 5.11 Å². The minimum atomic E-state index is -0.137. The largest absolute Gasteiger partial charge is 0.392 e. The molecule has 2 nitrogen and oxygen atoms in total. The molecule has 1 unspecified atom stereocenters. The molecule has 0 aromatic rings. The lowest BCUT2D eigenvalue weighted by atomic mass is 10.4. The molecule has 1 fully saturated rings. The molecule has 0 saturated carbocycles. The standard InChI is InChI=1S/C5H13NOS/c1-5(7)3-6-4-8(6)2/h5,7-8H,3-4H2,1-2H3/t5-,6+/m1/s1. The number of thiol groups is 1. The number of nitrogens with zero attached hydrogens (tertiary/aromatic N) is 1. The minimum absolute atomic E-state index is 0.137. The number of hydrogen-bond acceptors (Lipinski definition) is 2. The van der Waals surface area contributed by atoms with Gasteiger partial charge in [-0.15, -0.1) is 0 Å². The van der Waals surface area contributed by atoms with E-state index in [1.807, 2.05) is 6.92 Å². The molecular formula is C5H13NOS. The highest BCUT2D eigenvalue weighted by atomic mass is 32.2. The zero-order valence-corrected chi connectivity index (χ0v) is 6.23. The molecule has 3 heteroatoms. The molecule has 50 valence electrons. The van der Waals surface area contributed by atoms with E-state index in [1.165, 1.54) is 5.88 Å². The maximum absolute atomic E-state index is 8.85. The summed E-state index contributed by atoms with van der Waals surface area (Å²) in [6.07, 6.45) is 2.10. The molecule has 1 N–H and O–H groups in total. The average Bonchev–Trinajstić information content (AvgIpc) is 2.17. The lowest BCUT2D eigenvalue weighted by Gasteiger charge is -2.02. The predicted molar refractivity (Wildman–Crippen MR) is 38.2 cm³/mol. The number of rotatable bonds is 2. The van der Waals surface area contributed by atoms with Crippen LogP contribution in [0.1, 0.15) is 6.92 Å². The maximum atomic E-state index is 8.85. The highest BCUT2D eigenvalue weighted by Crippen LogP contribution is 2.43. The fraction of sp³-hybridized carbons (Fsp3) is 1.00. The zero-order chi connectivity index (χ0) is 6.15. The van der Waals surface area contributed by atoms with Crippen LogP contribution in [0.15, 0.2) is 0 Å². The Balaban J connectivity index is 2.05. The van der Waals surface area contributed by atoms with Crippen molar-refractivity contribution in [1.82, 2.24) is 4.31 Å². The lowest BCUT2D eigenvalue weighted by molar-refractivity contribution is 0.180. The van der Waals surface area contributed by atoms with E-state index < -0.39 is 0 Å². The zero-order valence-electron chi connectivity index (χ0n) is 5.33. The summed E-state index contributed by atoms with van der Waals surface area (Å²) in [5.41, 5.74) is 0. The molecular weight excluding hydrogens is 122 g/mol. The first-order valence-electron chi connectivity index (χ1n) is 2.84. The summed E-state index contributed by atoms with van der Waals surface area (Å²) in [4.78, 5) is 0. The molecule has 0 aromatic carbocycles. The van der Waals surface area contributed by atoms with Crippen LogP contribution >= 0.6 is 11.1 Å². The molecule has 1 aliphatic rings. The van der Waals surface area contributed by atoms with E-state index in [0.29, 0.717) is 0 Å². The Labute approximate surface area is 53.0 Å². The van der Waals surface area contributed by atoms with Crippen LogP contribution in [0.4, 0.5) is 0 Å². The number of β-amino-alcohol motifs (C(OH)–C–C–N with tert-alkyl or cyclic N) is 1. The topological polar surface area (TPSA) is 23.2 Å². The van der Waals surface area contributed by atoms with Crippen LogP contribution in [-0.4, -0.2) is 34.2 Å². The van der Waals surface area contributed by atoms with Gasteiger partial charge in [-0.25, -0.2) is 0 Å². The van der Waals surface area contributed by atoms with Gasteiger partial charge in [0, 0.05) is 12.4 Å². The number of aliphatic hydroxyl groups is 1. The molecule has 0 aromatic heterocycles. The fourth-order valence-electron chi connectivity index (χ4n) is 0.710. The summed E-state index contributed by atoms with van der Waals surface area (Å²) >= 11 is 0.207. The van der Waals surface area contributed by atoms with Gasteiger partial charge in [-0.05, 0) is 13.2 Å². The first kappa shape index (κ1) is 6.39. The molecule has 3 atom stereocenters. The highest BCUT2D eigenvalue weighted by molar-refractivity contribution is 8.19. The molecule has 1 rings (SSSR count). The molecule has 1 saturated heterocycles. The van der Waals surface area contributed by atoms with Crippen molar-refractivity contribution >= 4 is 11.1 Å². The van der Waals surface area contributed by atoms with Crippen molar-refractivity contribution in [3.63, 3.8) is 0 Å². The molecule has 1 aliphatic heterocycles. The number of hydrogen-bond donors (Lipinski definition) is 2. The van der Waals surface area contributed by atoms with Crippen LogP contribution in [0.5, 0.6) is 0 Å². The summed E-state index contributed by atoms with van der Waals surface area (Å²) in [5.74, 6) is 1.24. The van der Waals surface area contributed by atoms with Gasteiger partial charge in [-0.2, -0.15) is 11.1 Å². The van der Waals surface area contributed by atoms with Gasteiger partial charge in [-0.3, -0.25) is 4.31 Å². The van der Waals surface area contributed by atoms with E-state index in [2.05, 4.69) is 10.6 Å². The maximum Gasteiger partial charge on any atom is 0.0648 e. The van der Waals surface area contributed by atoms with Crippen LogP contribution in [0, 0.1) is 0 Å². The Morgan fingerprint density at radius 3 is 2.50 bits per heavy atom. The van der Waals surface area contributed by atoms with Crippen LogP contribution in [0.2, 0.25) is 0 Å². The SMILES string of the molecule is C[C@@H](O)C[N@@]1C[SH]1C. The summed E-state index contributed by atoms with van der Waals surface area (Å²) in [6, 6.07) is 0. The van der Waals surface area contributed by atoms with Gasteiger partial charge in [0.05, 0.1) is 6.10 Å². The molecule has 0 spiro atoms. The quantitative estimate of drug-likeness (QED) is 0.417. The van der Waals surface area contributed by atoms with Crippen molar-refractivity contribution in [2.45, 2.75) is 13.0 Å². The Morgan fingerprint density at radius 2 is 2.38 bits per heavy atom. The summed E-state index contributed by atoms with van der Waals surface area (Å²) in [6.45, 7) is 2.71. The summed E-state index contributed by atoms with van der Waals surface area (Å²) in [5, 5.41) is 8.85. The Kier molecular flexibility index (Phi) is 1.80. The Bertz CT molecular complexity index is 86.5. The minimum Gasteiger partial charge on any atom is -0.392 e. The second kappa shape index (κ2) is 2.25. The summed E-state index contributed by atoms with van der Waals surface area (Å²) < 4.78 is 2.31. The van der Waals surface area contributed by atoms with Crippen molar-refractivity contribution < 1.29 is 5.11 Å². The molecule has 0 amide bonds. The van der Waals surface area contributed by atoms with E-state index in [9.17, 15) is 0 Å². The Hall–Kier alpha value is 0.270. The van der Waals surface area contributed by atoms with E-state index in [1.54, 1.807) is 0 Å². The third-order valence-electron chi connectivity index (χ3n) is 1.24. The van der Waals surface area contributed by atoms with Gasteiger partial charge in [0.25, 0.3) is 0 Å². The predicted octanol–water partition coefficient (Wildman–Crippen LogP) is 0.186. The molecule has 0 bridgehead atoms. The van der Waals surface area contributed by atoms with Gasteiger partial charge in [-0.1, -0.05) is 0 Å². The third-order valence-corrected chi connectivity index (χ3v) is 2.94. The van der Waals surface area contributed by atoms with E-state index in [0.717, 1.165) is 6.54 Å². The number of aliphatic hydroxyl groups excluding tert-OH is 1. The normalized spacial score (nSPS) is 43.9. The van der Waals surface area contributed by atoms with Gasteiger partial charge in [0.1, 0.15) is 0 Å². The summed E-state index contributed by atoms with van der Waals surface area (Å²) in [7, 11) is 0. The van der Waals surface area contributed by atoms with Gasteiger partial charge in [0.15, 0.2) is 0 Å². The molecule has 8 heavy (non-hydrogen) atoms. The second-order valence-corrected chi connectivity index (χ2v) is 4.50. The smallest absolute Gasteiger partial charge is 0.0648 e. The van der Waals surface area contributed by atoms with Crippen LogP contribution in [-0.2, 0) is 0 Å². The second-order valence-electron chi connectivity index (χ2n) is 2.34. The highest BCUT2D eigenvalue weighted by Gasteiger charge is 2.25. The average molecular weight is 135 g/mol. The van der Waals surface area contributed by atoms with Crippen molar-refractivity contribution in [3.8, 4) is 0 Å². The Morgan fingerprint density at radius 1 is 1.88 bits per heavy atom. The molecule has 0 aliphatic carbocycles. The third kappa shape index (κ3) is 1.65. The molecule has 1 heterocycles. The first-order valence-corrected chi connectivity index (χ1v) is 4.77. The van der Waals surface area contributed by atoms with Crippen LogP contribution in [0.25, 0.3) is 0 Å².